The molecule has 1 heterocycles. The molecule has 0 radical (unpaired) electrons. The lowest BCUT2D eigenvalue weighted by Gasteiger charge is -2.17. The van der Waals surface area contributed by atoms with Crippen LogP contribution in [0.1, 0.15) is 12.8 Å². The van der Waals surface area contributed by atoms with Crippen molar-refractivity contribution in [1.82, 2.24) is 4.31 Å². The first-order valence-corrected chi connectivity index (χ1v) is 6.79. The van der Waals surface area contributed by atoms with Crippen LogP contribution >= 0.6 is 0 Å². The topological polar surface area (TPSA) is 85.1 Å². The van der Waals surface area contributed by atoms with Crippen molar-refractivity contribution >= 4 is 15.7 Å². The Labute approximate surface area is 99.7 Å². The molecule has 0 bridgehead atoms. The van der Waals surface area contributed by atoms with Crippen LogP contribution in [0.25, 0.3) is 0 Å². The van der Waals surface area contributed by atoms with E-state index in [1.54, 1.807) is 0 Å². The number of rotatable bonds is 3. The number of quaternary nitrogens is 1. The summed E-state index contributed by atoms with van der Waals surface area (Å²) in [6.45, 7) is 1.03. The van der Waals surface area contributed by atoms with E-state index in [1.807, 2.05) is 0 Å². The molecule has 0 amide bonds. The predicted octanol–water partition coefficient (Wildman–Crippen LogP) is -0.126. The highest BCUT2D eigenvalue weighted by molar-refractivity contribution is 7.89. The summed E-state index contributed by atoms with van der Waals surface area (Å²) in [4.78, 5) is 0.0549. The third kappa shape index (κ3) is 2.48. The van der Waals surface area contributed by atoms with E-state index in [-0.39, 0.29) is 10.6 Å². The minimum atomic E-state index is -3.52. The molecule has 0 aromatic heterocycles. The van der Waals surface area contributed by atoms with E-state index in [4.69, 9.17) is 5.21 Å². The molecule has 1 aliphatic rings. The minimum Gasteiger partial charge on any atom is -0.595 e. The van der Waals surface area contributed by atoms with Gasteiger partial charge < -0.3 is 5.21 Å². The molecule has 1 fully saturated rings. The Bertz CT molecular complexity index is 495. The van der Waals surface area contributed by atoms with Crippen LogP contribution in [0.3, 0.4) is 0 Å². The second-order valence-corrected chi connectivity index (χ2v) is 5.88. The number of hydrogen-bond acceptors (Lipinski definition) is 4. The Hall–Kier alpha value is -0.990. The van der Waals surface area contributed by atoms with E-state index in [9.17, 15) is 13.6 Å². The maximum Gasteiger partial charge on any atom is 0.243 e. The summed E-state index contributed by atoms with van der Waals surface area (Å²) in [7, 11) is -3.52. The molecule has 0 saturated carbocycles. The summed E-state index contributed by atoms with van der Waals surface area (Å²) in [6.07, 6.45) is 1.72. The van der Waals surface area contributed by atoms with Crippen molar-refractivity contribution in [2.24, 2.45) is 0 Å². The summed E-state index contributed by atoms with van der Waals surface area (Å²) < 4.78 is 25.7. The van der Waals surface area contributed by atoms with Crippen molar-refractivity contribution in [1.29, 1.82) is 0 Å². The quantitative estimate of drug-likeness (QED) is 0.740. The summed E-state index contributed by atoms with van der Waals surface area (Å²) in [6, 6.07) is 5.47. The van der Waals surface area contributed by atoms with Gasteiger partial charge in [0.1, 0.15) is 0 Å². The van der Waals surface area contributed by atoms with Gasteiger partial charge in [0.05, 0.1) is 4.90 Å². The van der Waals surface area contributed by atoms with Gasteiger partial charge in [-0.2, -0.15) is 9.53 Å². The highest BCUT2D eigenvalue weighted by Gasteiger charge is 2.27. The van der Waals surface area contributed by atoms with Gasteiger partial charge in [-0.05, 0) is 18.9 Å². The summed E-state index contributed by atoms with van der Waals surface area (Å²) in [5.74, 6) is 0. The molecule has 94 valence electrons. The molecule has 1 aromatic rings. The highest BCUT2D eigenvalue weighted by atomic mass is 32.2. The average Bonchev–Trinajstić information content (AvgIpc) is 2.83. The lowest BCUT2D eigenvalue weighted by molar-refractivity contribution is -0.991. The van der Waals surface area contributed by atoms with Gasteiger partial charge in [-0.15, -0.1) is 0 Å². The van der Waals surface area contributed by atoms with E-state index in [0.29, 0.717) is 13.1 Å². The van der Waals surface area contributed by atoms with Crippen molar-refractivity contribution < 1.29 is 18.9 Å². The van der Waals surface area contributed by atoms with Gasteiger partial charge >= 0.3 is 0 Å². The number of nitrogens with zero attached hydrogens (tertiary/aromatic N) is 1. The van der Waals surface area contributed by atoms with Crippen LogP contribution in [0, 0.1) is 5.21 Å². The molecule has 6 nitrogen and oxygen atoms in total. The Balaban J connectivity index is 2.35. The molecule has 7 heteroatoms. The molecular weight excluding hydrogens is 244 g/mol. The molecule has 1 aliphatic heterocycles. The zero-order chi connectivity index (χ0) is 12.5. The monoisotopic (exact) mass is 258 g/mol. The SMILES string of the molecule is O=S(=O)(c1cccc([NH+]([O-])O)c1)N1CCCC1. The molecule has 1 atom stereocenters. The van der Waals surface area contributed by atoms with Crippen molar-refractivity contribution in [2.75, 3.05) is 13.1 Å². The van der Waals surface area contributed by atoms with Crippen LogP contribution < -0.4 is 5.23 Å². The van der Waals surface area contributed by atoms with E-state index in [2.05, 4.69) is 0 Å². The number of sulfonamides is 1. The van der Waals surface area contributed by atoms with Gasteiger partial charge in [-0.1, -0.05) is 6.07 Å². The Morgan fingerprint density at radius 1 is 1.29 bits per heavy atom. The number of hydrogen-bond donors (Lipinski definition) is 2. The first-order chi connectivity index (χ1) is 8.01. The number of nitrogens with one attached hydrogen (secondary N) is 1. The second-order valence-electron chi connectivity index (χ2n) is 3.94. The summed E-state index contributed by atoms with van der Waals surface area (Å²) in [5.41, 5.74) is -0.00901. The third-order valence-corrected chi connectivity index (χ3v) is 4.68. The van der Waals surface area contributed by atoms with Crippen LogP contribution in [-0.4, -0.2) is 31.0 Å². The van der Waals surface area contributed by atoms with Gasteiger partial charge in [0.2, 0.25) is 10.0 Å². The van der Waals surface area contributed by atoms with Crippen molar-refractivity contribution in [3.05, 3.63) is 29.5 Å². The minimum absolute atomic E-state index is 0.00901. The summed E-state index contributed by atoms with van der Waals surface area (Å²) >= 11 is 0. The molecule has 0 aliphatic carbocycles. The van der Waals surface area contributed by atoms with E-state index < -0.39 is 15.2 Å². The summed E-state index contributed by atoms with van der Waals surface area (Å²) in [5, 5.41) is 18.5. The molecule has 2 rings (SSSR count). The standard InChI is InChI=1S/C10H14N2O4S/c13-12(14)9-4-3-5-10(8-9)17(15,16)11-6-1-2-7-11/h3-5,8,12-13H,1-2,6-7H2. The highest BCUT2D eigenvalue weighted by Crippen LogP contribution is 2.21. The normalized spacial score (nSPS) is 19.4. The van der Waals surface area contributed by atoms with Crippen molar-refractivity contribution in [2.45, 2.75) is 17.7 Å². The van der Waals surface area contributed by atoms with E-state index in [1.165, 1.54) is 28.6 Å². The van der Waals surface area contributed by atoms with Crippen molar-refractivity contribution in [3.63, 3.8) is 0 Å². The van der Waals surface area contributed by atoms with Gasteiger partial charge in [0.15, 0.2) is 5.69 Å². The fourth-order valence-corrected chi connectivity index (χ4v) is 3.43. The smallest absolute Gasteiger partial charge is 0.243 e. The Morgan fingerprint density at radius 2 is 1.94 bits per heavy atom. The maximum absolute atomic E-state index is 12.1. The largest absolute Gasteiger partial charge is 0.595 e. The first kappa shape index (κ1) is 12.5. The van der Waals surface area contributed by atoms with Crippen LogP contribution in [0.15, 0.2) is 29.2 Å². The second kappa shape index (κ2) is 4.71. The molecule has 1 aromatic carbocycles. The Morgan fingerprint density at radius 3 is 2.53 bits per heavy atom. The lowest BCUT2D eigenvalue weighted by Crippen LogP contribution is -2.99. The molecular formula is C10H14N2O4S. The molecule has 1 unspecified atom stereocenters. The third-order valence-electron chi connectivity index (χ3n) is 2.78. The van der Waals surface area contributed by atoms with E-state index in [0.717, 1.165) is 12.8 Å². The predicted molar refractivity (Wildman–Crippen MR) is 60.2 cm³/mol. The fraction of sp³-hybridized carbons (Fsp3) is 0.400. The maximum atomic E-state index is 12.1. The first-order valence-electron chi connectivity index (χ1n) is 5.35. The van der Waals surface area contributed by atoms with Gasteiger partial charge in [-0.3, -0.25) is 0 Å². The Kier molecular flexibility index (Phi) is 3.45. The van der Waals surface area contributed by atoms with Crippen LogP contribution in [-0.2, 0) is 10.0 Å². The van der Waals surface area contributed by atoms with Crippen LogP contribution in [0.4, 0.5) is 5.69 Å². The van der Waals surface area contributed by atoms with E-state index >= 15 is 0 Å². The molecule has 17 heavy (non-hydrogen) atoms. The molecule has 0 spiro atoms. The lowest BCUT2D eigenvalue weighted by atomic mass is 10.3. The van der Waals surface area contributed by atoms with Crippen molar-refractivity contribution in [3.8, 4) is 0 Å². The van der Waals surface area contributed by atoms with Crippen LogP contribution in [0.2, 0.25) is 0 Å². The number of benzene rings is 1. The van der Waals surface area contributed by atoms with Crippen LogP contribution in [0.5, 0.6) is 0 Å². The zero-order valence-electron chi connectivity index (χ0n) is 9.17. The fourth-order valence-electron chi connectivity index (χ4n) is 1.87. The van der Waals surface area contributed by atoms with Gasteiger partial charge in [-0.25, -0.2) is 13.6 Å². The van der Waals surface area contributed by atoms with Gasteiger partial charge in [0.25, 0.3) is 0 Å². The average molecular weight is 258 g/mol. The zero-order valence-corrected chi connectivity index (χ0v) is 9.98. The molecule has 1 saturated heterocycles. The molecule has 2 N–H and O–H groups in total. The van der Waals surface area contributed by atoms with Gasteiger partial charge in [0, 0.05) is 25.2 Å².